The van der Waals surface area contributed by atoms with Gasteiger partial charge in [-0.05, 0) is 24.3 Å². The van der Waals surface area contributed by atoms with Crippen LogP contribution < -0.4 is 4.74 Å². The van der Waals surface area contributed by atoms with E-state index in [0.717, 1.165) is 4.90 Å². The number of aliphatic carboxylic acids is 1. The minimum absolute atomic E-state index is 0.116. The van der Waals surface area contributed by atoms with Crippen molar-refractivity contribution < 1.29 is 33.4 Å². The molecule has 2 aromatic heterocycles. The zero-order valence-corrected chi connectivity index (χ0v) is 18.4. The van der Waals surface area contributed by atoms with Gasteiger partial charge in [0.05, 0.1) is 12.1 Å². The number of amides is 1. The summed E-state index contributed by atoms with van der Waals surface area (Å²) in [6.45, 7) is 0.670. The Balaban J connectivity index is 1.59. The van der Waals surface area contributed by atoms with Crippen LogP contribution in [0.5, 0.6) is 5.75 Å². The lowest BCUT2D eigenvalue weighted by molar-refractivity contribution is -0.152. The van der Waals surface area contributed by atoms with Crippen LogP contribution in [0.15, 0.2) is 36.7 Å². The Labute approximate surface area is 193 Å². The van der Waals surface area contributed by atoms with E-state index in [-0.39, 0.29) is 24.6 Å². The minimum Gasteiger partial charge on any atom is -0.486 e. The highest BCUT2D eigenvalue weighted by atomic mass is 19.1. The molecule has 0 saturated carbocycles. The molecule has 11 nitrogen and oxygen atoms in total. The molecule has 34 heavy (non-hydrogen) atoms. The molecule has 1 fully saturated rings. The summed E-state index contributed by atoms with van der Waals surface area (Å²) >= 11 is 0. The second-order valence-corrected chi connectivity index (χ2v) is 7.74. The van der Waals surface area contributed by atoms with E-state index in [4.69, 9.17) is 9.47 Å². The van der Waals surface area contributed by atoms with Crippen LogP contribution >= 0.6 is 0 Å². The number of ketones is 1. The number of likely N-dealkylation sites (tertiary alicyclic amines) is 1. The van der Waals surface area contributed by atoms with Crippen molar-refractivity contribution in [2.24, 2.45) is 0 Å². The van der Waals surface area contributed by atoms with E-state index >= 15 is 0 Å². The number of ether oxygens (including phenoxy) is 2. The van der Waals surface area contributed by atoms with E-state index in [1.165, 1.54) is 18.7 Å². The quantitative estimate of drug-likeness (QED) is 0.481. The molecule has 0 aliphatic carbocycles. The summed E-state index contributed by atoms with van der Waals surface area (Å²) in [5.74, 6) is -1.42. The van der Waals surface area contributed by atoms with Crippen LogP contribution in [0.25, 0.3) is 10.9 Å². The SMILES string of the molecule is CO[C@H]1[C@@H](C(=O)O)N(C(=O)Cn2nc(C(C)=O)c3cc(OCc4ncccn4)ccc32)C[C@@H]1F. The van der Waals surface area contributed by atoms with Gasteiger partial charge in [-0.1, -0.05) is 0 Å². The number of alkyl halides is 1. The van der Waals surface area contributed by atoms with Crippen LogP contribution in [0.2, 0.25) is 0 Å². The summed E-state index contributed by atoms with van der Waals surface area (Å²) in [5, 5.41) is 14.2. The van der Waals surface area contributed by atoms with Crippen molar-refractivity contribution in [3.8, 4) is 5.75 Å². The molecule has 3 aromatic rings. The fraction of sp³-hybridized carbons (Fsp3) is 0.364. The molecule has 1 aromatic carbocycles. The van der Waals surface area contributed by atoms with Crippen molar-refractivity contribution in [1.29, 1.82) is 0 Å². The van der Waals surface area contributed by atoms with Crippen LogP contribution in [0.1, 0.15) is 23.2 Å². The molecule has 1 aliphatic heterocycles. The third-order valence-electron chi connectivity index (χ3n) is 5.55. The average Bonchev–Trinajstić information content (AvgIpc) is 3.35. The lowest BCUT2D eigenvalue weighted by atomic mass is 10.1. The van der Waals surface area contributed by atoms with Gasteiger partial charge in [0.1, 0.15) is 36.9 Å². The second-order valence-electron chi connectivity index (χ2n) is 7.74. The van der Waals surface area contributed by atoms with E-state index in [0.29, 0.717) is 22.5 Å². The molecule has 1 aliphatic rings. The molecule has 12 heteroatoms. The lowest BCUT2D eigenvalue weighted by Crippen LogP contribution is -2.47. The number of fused-ring (bicyclic) bond motifs is 1. The molecule has 1 N–H and O–H groups in total. The van der Waals surface area contributed by atoms with Crippen molar-refractivity contribution >= 4 is 28.6 Å². The predicted molar refractivity (Wildman–Crippen MR) is 115 cm³/mol. The molecule has 1 saturated heterocycles. The third-order valence-corrected chi connectivity index (χ3v) is 5.55. The Hall–Kier alpha value is -3.93. The van der Waals surface area contributed by atoms with Gasteiger partial charge in [0.25, 0.3) is 0 Å². The first-order valence-corrected chi connectivity index (χ1v) is 10.4. The summed E-state index contributed by atoms with van der Waals surface area (Å²) in [7, 11) is 1.20. The number of carbonyl (C=O) groups excluding carboxylic acids is 2. The average molecular weight is 471 g/mol. The highest BCUT2D eigenvalue weighted by Crippen LogP contribution is 2.27. The molecular weight excluding hydrogens is 449 g/mol. The van der Waals surface area contributed by atoms with E-state index in [9.17, 15) is 23.9 Å². The standard InChI is InChI=1S/C22H22FN5O6/c1-12(29)19-14-8-13(34-11-17-24-6-3-7-25-17)4-5-16(14)28(26-19)10-18(30)27-9-15(23)21(33-2)20(27)22(31)32/h3-8,15,20-21H,9-11H2,1-2H3,(H,31,32)/t15-,20-,21+/m0/s1. The number of carboxylic acid groups (broad SMARTS) is 1. The Bertz CT molecular complexity index is 1230. The van der Waals surface area contributed by atoms with Gasteiger partial charge in [-0.15, -0.1) is 0 Å². The number of methoxy groups -OCH3 is 1. The maximum absolute atomic E-state index is 14.3. The van der Waals surface area contributed by atoms with Gasteiger partial charge in [0.2, 0.25) is 5.91 Å². The molecule has 1 amide bonds. The number of halogens is 1. The van der Waals surface area contributed by atoms with Crippen LogP contribution in [0.3, 0.4) is 0 Å². The highest BCUT2D eigenvalue weighted by molar-refractivity contribution is 6.05. The highest BCUT2D eigenvalue weighted by Gasteiger charge is 2.49. The fourth-order valence-electron chi connectivity index (χ4n) is 3.99. The number of benzene rings is 1. The zero-order valence-electron chi connectivity index (χ0n) is 18.4. The molecule has 0 bridgehead atoms. The Kier molecular flexibility index (Phi) is 6.50. The van der Waals surface area contributed by atoms with Crippen molar-refractivity contribution in [2.45, 2.75) is 38.4 Å². The maximum atomic E-state index is 14.3. The van der Waals surface area contributed by atoms with Gasteiger partial charge < -0.3 is 19.5 Å². The second kappa shape index (κ2) is 9.51. The van der Waals surface area contributed by atoms with Gasteiger partial charge in [-0.25, -0.2) is 19.2 Å². The molecule has 0 unspecified atom stereocenters. The molecular formula is C22H22FN5O6. The number of hydrogen-bond donors (Lipinski definition) is 1. The molecule has 0 radical (unpaired) electrons. The lowest BCUT2D eigenvalue weighted by Gasteiger charge is -2.23. The molecule has 3 heterocycles. The number of rotatable bonds is 8. The van der Waals surface area contributed by atoms with Crippen molar-refractivity contribution in [3.63, 3.8) is 0 Å². The van der Waals surface area contributed by atoms with Crippen LogP contribution in [-0.2, 0) is 27.5 Å². The summed E-state index contributed by atoms with van der Waals surface area (Å²) in [5.41, 5.74) is 0.589. The number of carbonyl (C=O) groups is 3. The van der Waals surface area contributed by atoms with E-state index in [1.54, 1.807) is 36.7 Å². The third kappa shape index (κ3) is 4.44. The fourth-order valence-corrected chi connectivity index (χ4v) is 3.99. The van der Waals surface area contributed by atoms with Crippen molar-refractivity contribution in [2.75, 3.05) is 13.7 Å². The zero-order chi connectivity index (χ0) is 24.4. The monoisotopic (exact) mass is 471 g/mol. The number of hydrogen-bond acceptors (Lipinski definition) is 8. The Morgan fingerprint density at radius 1 is 1.24 bits per heavy atom. The van der Waals surface area contributed by atoms with E-state index in [2.05, 4.69) is 15.1 Å². The first-order valence-electron chi connectivity index (χ1n) is 10.4. The smallest absolute Gasteiger partial charge is 0.329 e. The minimum atomic E-state index is -1.63. The predicted octanol–water partition coefficient (Wildman–Crippen LogP) is 1.26. The summed E-state index contributed by atoms with van der Waals surface area (Å²) < 4.78 is 26.3. The largest absolute Gasteiger partial charge is 0.486 e. The molecule has 178 valence electrons. The summed E-state index contributed by atoms with van der Waals surface area (Å²) in [4.78, 5) is 45.9. The van der Waals surface area contributed by atoms with Crippen LogP contribution in [0.4, 0.5) is 4.39 Å². The number of carboxylic acids is 1. The van der Waals surface area contributed by atoms with Gasteiger partial charge in [-0.2, -0.15) is 5.10 Å². The first kappa shape index (κ1) is 23.2. The number of aromatic nitrogens is 4. The van der Waals surface area contributed by atoms with Gasteiger partial charge in [0.15, 0.2) is 17.6 Å². The van der Waals surface area contributed by atoms with Crippen molar-refractivity contribution in [3.05, 3.63) is 48.2 Å². The first-order chi connectivity index (χ1) is 16.3. The topological polar surface area (TPSA) is 137 Å². The van der Waals surface area contributed by atoms with Gasteiger partial charge in [0, 0.05) is 31.8 Å². The molecule has 4 rings (SSSR count). The Morgan fingerprint density at radius 3 is 2.62 bits per heavy atom. The van der Waals surface area contributed by atoms with Gasteiger partial charge >= 0.3 is 5.97 Å². The van der Waals surface area contributed by atoms with Gasteiger partial charge in [-0.3, -0.25) is 14.3 Å². The molecule has 3 atom stereocenters. The number of nitrogens with zero attached hydrogens (tertiary/aromatic N) is 5. The Morgan fingerprint density at radius 2 is 1.97 bits per heavy atom. The van der Waals surface area contributed by atoms with Crippen molar-refractivity contribution in [1.82, 2.24) is 24.6 Å². The summed E-state index contributed by atoms with van der Waals surface area (Å²) in [6.07, 6.45) is 0.292. The normalized spacial score (nSPS) is 20.0. The van der Waals surface area contributed by atoms with Crippen LogP contribution in [0, 0.1) is 0 Å². The number of Topliss-reactive ketones (excluding diaryl/α,β-unsaturated/α-hetero) is 1. The maximum Gasteiger partial charge on any atom is 0.329 e. The van der Waals surface area contributed by atoms with E-state index in [1.807, 2.05) is 0 Å². The van der Waals surface area contributed by atoms with Crippen LogP contribution in [-0.4, -0.2) is 79.4 Å². The summed E-state index contributed by atoms with van der Waals surface area (Å²) in [6, 6.07) is 5.14. The molecule has 0 spiro atoms. The van der Waals surface area contributed by atoms with E-state index < -0.39 is 36.7 Å².